The van der Waals surface area contributed by atoms with E-state index in [2.05, 4.69) is 10.6 Å². The van der Waals surface area contributed by atoms with Crippen molar-refractivity contribution in [2.24, 2.45) is 5.92 Å². The number of benzene rings is 1. The van der Waals surface area contributed by atoms with E-state index in [4.69, 9.17) is 0 Å². The van der Waals surface area contributed by atoms with Gasteiger partial charge < -0.3 is 16.0 Å². The van der Waals surface area contributed by atoms with Crippen LogP contribution in [0.5, 0.6) is 0 Å². The number of carbonyl (C=O) groups is 3. The summed E-state index contributed by atoms with van der Waals surface area (Å²) in [5, 5.41) is 6.92. The highest BCUT2D eigenvalue weighted by atomic mass is 32.2. The summed E-state index contributed by atoms with van der Waals surface area (Å²) in [6.07, 6.45) is 1.40. The summed E-state index contributed by atoms with van der Waals surface area (Å²) in [4.78, 5) is 36.4. The zero-order valence-electron chi connectivity index (χ0n) is 16.5. The third kappa shape index (κ3) is 9.06. The van der Waals surface area contributed by atoms with Crippen LogP contribution >= 0.6 is 11.8 Å². The third-order valence-electron chi connectivity index (χ3n) is 4.70. The minimum atomic E-state index is -4.51. The van der Waals surface area contributed by atoms with Crippen molar-refractivity contribution in [3.05, 3.63) is 29.8 Å². The van der Waals surface area contributed by atoms with Crippen molar-refractivity contribution in [2.75, 3.05) is 25.4 Å². The van der Waals surface area contributed by atoms with Gasteiger partial charge in [-0.05, 0) is 30.9 Å². The van der Waals surface area contributed by atoms with Crippen molar-refractivity contribution in [2.45, 2.75) is 43.2 Å². The lowest BCUT2D eigenvalue weighted by atomic mass is 9.89. The fraction of sp³-hybridized carbons (Fsp3) is 0.550. The summed E-state index contributed by atoms with van der Waals surface area (Å²) < 4.78 is 36.3. The van der Waals surface area contributed by atoms with Crippen LogP contribution in [-0.4, -0.2) is 49.3 Å². The van der Waals surface area contributed by atoms with Crippen molar-refractivity contribution in [3.8, 4) is 0 Å². The predicted octanol–water partition coefficient (Wildman–Crippen LogP) is 2.88. The van der Waals surface area contributed by atoms with Gasteiger partial charge in [0.25, 0.3) is 5.91 Å². The summed E-state index contributed by atoms with van der Waals surface area (Å²) in [5.41, 5.74) is 0.256. The number of thioether (sulfide) groups is 1. The molecule has 1 saturated carbocycles. The van der Waals surface area contributed by atoms with Gasteiger partial charge in [-0.15, -0.1) is 11.8 Å². The fourth-order valence-electron chi connectivity index (χ4n) is 3.14. The first-order valence-corrected chi connectivity index (χ1v) is 10.8. The maximum Gasteiger partial charge on any atom is 0.405 e. The fourth-order valence-corrected chi connectivity index (χ4v) is 4.02. The molecule has 3 amide bonds. The number of hydrogen-bond acceptors (Lipinski definition) is 4. The molecule has 0 heterocycles. The highest BCUT2D eigenvalue weighted by Gasteiger charge is 2.27. The molecule has 30 heavy (non-hydrogen) atoms. The predicted molar refractivity (Wildman–Crippen MR) is 108 cm³/mol. The molecule has 0 spiro atoms. The molecule has 0 atom stereocenters. The Morgan fingerprint density at radius 1 is 0.967 bits per heavy atom. The van der Waals surface area contributed by atoms with Gasteiger partial charge in [-0.1, -0.05) is 31.4 Å². The van der Waals surface area contributed by atoms with Crippen LogP contribution in [0.2, 0.25) is 0 Å². The Hall–Kier alpha value is -2.23. The molecule has 3 N–H and O–H groups in total. The van der Waals surface area contributed by atoms with E-state index in [-0.39, 0.29) is 17.2 Å². The van der Waals surface area contributed by atoms with E-state index in [1.165, 1.54) is 37.1 Å². The molecule has 0 saturated heterocycles. The molecular formula is C20H26F3N3O3S. The average molecular weight is 446 g/mol. The second-order valence-corrected chi connectivity index (χ2v) is 8.18. The summed E-state index contributed by atoms with van der Waals surface area (Å²) in [6.45, 7) is -1.37. The maximum absolute atomic E-state index is 12.3. The number of amides is 3. The molecular weight excluding hydrogens is 419 g/mol. The third-order valence-corrected chi connectivity index (χ3v) is 5.77. The summed E-state index contributed by atoms with van der Waals surface area (Å²) in [6, 6.07) is 6.56. The number of alkyl halides is 3. The van der Waals surface area contributed by atoms with Crippen molar-refractivity contribution >= 4 is 29.5 Å². The Kier molecular flexibility index (Phi) is 9.48. The molecule has 1 fully saturated rings. The molecule has 10 heteroatoms. The molecule has 0 radical (unpaired) electrons. The maximum atomic E-state index is 12.3. The van der Waals surface area contributed by atoms with Gasteiger partial charge in [-0.25, -0.2) is 0 Å². The van der Waals surface area contributed by atoms with Gasteiger partial charge in [0.2, 0.25) is 11.8 Å². The molecule has 1 aliphatic carbocycles. The van der Waals surface area contributed by atoms with Crippen LogP contribution in [0, 0.1) is 5.92 Å². The minimum absolute atomic E-state index is 0.118. The van der Waals surface area contributed by atoms with E-state index in [1.54, 1.807) is 23.5 Å². The first kappa shape index (κ1) is 24.0. The average Bonchev–Trinajstić information content (AvgIpc) is 2.73. The van der Waals surface area contributed by atoms with E-state index in [9.17, 15) is 27.6 Å². The molecule has 166 valence electrons. The Bertz CT molecular complexity index is 737. The first-order chi connectivity index (χ1) is 14.2. The lowest BCUT2D eigenvalue weighted by Gasteiger charge is -2.21. The highest BCUT2D eigenvalue weighted by Crippen LogP contribution is 2.24. The zero-order valence-corrected chi connectivity index (χ0v) is 17.3. The molecule has 1 aliphatic rings. The smallest absolute Gasteiger partial charge is 0.355 e. The first-order valence-electron chi connectivity index (χ1n) is 9.85. The van der Waals surface area contributed by atoms with Gasteiger partial charge >= 0.3 is 6.18 Å². The molecule has 1 aromatic carbocycles. The lowest BCUT2D eigenvalue weighted by Crippen LogP contribution is -2.41. The molecule has 0 aromatic heterocycles. The van der Waals surface area contributed by atoms with Gasteiger partial charge in [0, 0.05) is 11.4 Å². The largest absolute Gasteiger partial charge is 0.405 e. The van der Waals surface area contributed by atoms with Gasteiger partial charge in [0.05, 0.1) is 17.9 Å². The standard InChI is InChI=1S/C20H26F3N3O3S/c21-20(22,23)13-26-17(27)11-25-19(29)15-8-4-5-9-16(15)30-12-18(28)24-10-14-6-2-1-3-7-14/h4-5,8-9,14H,1-3,6-7,10-13H2,(H,24,28)(H,25,29)(H,26,27). The Morgan fingerprint density at radius 2 is 1.67 bits per heavy atom. The van der Waals surface area contributed by atoms with Crippen LogP contribution in [0.25, 0.3) is 0 Å². The molecule has 0 bridgehead atoms. The Morgan fingerprint density at radius 3 is 2.37 bits per heavy atom. The second kappa shape index (κ2) is 11.8. The van der Waals surface area contributed by atoms with Crippen LogP contribution < -0.4 is 16.0 Å². The lowest BCUT2D eigenvalue weighted by molar-refractivity contribution is -0.137. The van der Waals surface area contributed by atoms with Gasteiger partial charge in [-0.3, -0.25) is 14.4 Å². The SMILES string of the molecule is O=C(CNC(=O)c1ccccc1SCC(=O)NCC1CCCCC1)NCC(F)(F)F. The van der Waals surface area contributed by atoms with Gasteiger partial charge in [0.1, 0.15) is 6.54 Å². The zero-order chi connectivity index (χ0) is 22.0. The van der Waals surface area contributed by atoms with Crippen molar-refractivity contribution in [1.82, 2.24) is 16.0 Å². The number of carbonyl (C=O) groups excluding carboxylic acids is 3. The Balaban J connectivity index is 1.79. The van der Waals surface area contributed by atoms with Gasteiger partial charge in [0.15, 0.2) is 0 Å². The second-order valence-electron chi connectivity index (χ2n) is 7.17. The molecule has 6 nitrogen and oxygen atoms in total. The monoisotopic (exact) mass is 445 g/mol. The molecule has 0 aliphatic heterocycles. The number of rotatable bonds is 9. The molecule has 2 rings (SSSR count). The minimum Gasteiger partial charge on any atom is -0.355 e. The summed E-state index contributed by atoms with van der Waals surface area (Å²) in [5.74, 6) is -0.986. The van der Waals surface area contributed by atoms with Crippen LogP contribution in [-0.2, 0) is 9.59 Å². The van der Waals surface area contributed by atoms with Crippen LogP contribution in [0.3, 0.4) is 0 Å². The van der Waals surface area contributed by atoms with Crippen molar-refractivity contribution in [3.63, 3.8) is 0 Å². The van der Waals surface area contributed by atoms with Crippen molar-refractivity contribution in [1.29, 1.82) is 0 Å². The van der Waals surface area contributed by atoms with Crippen molar-refractivity contribution < 1.29 is 27.6 Å². The quantitative estimate of drug-likeness (QED) is 0.510. The van der Waals surface area contributed by atoms with Crippen LogP contribution in [0.1, 0.15) is 42.5 Å². The van der Waals surface area contributed by atoms with E-state index in [0.29, 0.717) is 17.4 Å². The number of halogens is 3. The summed E-state index contributed by atoms with van der Waals surface area (Å²) >= 11 is 1.20. The van der Waals surface area contributed by atoms with Crippen LogP contribution in [0.4, 0.5) is 13.2 Å². The van der Waals surface area contributed by atoms with E-state index < -0.39 is 31.1 Å². The number of hydrogen-bond donors (Lipinski definition) is 3. The molecule has 1 aromatic rings. The van der Waals surface area contributed by atoms with E-state index in [0.717, 1.165) is 12.8 Å². The highest BCUT2D eigenvalue weighted by molar-refractivity contribution is 8.00. The van der Waals surface area contributed by atoms with E-state index >= 15 is 0 Å². The van der Waals surface area contributed by atoms with E-state index in [1.807, 2.05) is 0 Å². The summed E-state index contributed by atoms with van der Waals surface area (Å²) in [7, 11) is 0. The molecule has 0 unspecified atom stereocenters. The topological polar surface area (TPSA) is 87.3 Å². The van der Waals surface area contributed by atoms with Crippen LogP contribution in [0.15, 0.2) is 29.2 Å². The number of nitrogens with one attached hydrogen (secondary N) is 3. The Labute approximate surface area is 177 Å². The normalized spacial score (nSPS) is 14.8. The van der Waals surface area contributed by atoms with Gasteiger partial charge in [-0.2, -0.15) is 13.2 Å².